The second-order valence-electron chi connectivity index (χ2n) is 5.27. The normalized spacial score (nSPS) is 15.9. The van der Waals surface area contributed by atoms with Crippen molar-refractivity contribution in [1.29, 1.82) is 0 Å². The van der Waals surface area contributed by atoms with Gasteiger partial charge in [-0.2, -0.15) is 0 Å². The minimum atomic E-state index is -0.101. The third-order valence-corrected chi connectivity index (χ3v) is 4.23. The number of carbonyl (C=O) groups is 1. The van der Waals surface area contributed by atoms with Crippen molar-refractivity contribution in [2.45, 2.75) is 38.3 Å². The summed E-state index contributed by atoms with van der Waals surface area (Å²) in [4.78, 5) is 23.2. The molecular weight excluding hydrogens is 284 g/mol. The number of thioether (sulfide) groups is 1. The van der Waals surface area contributed by atoms with Crippen LogP contribution in [0.2, 0.25) is 0 Å². The Kier molecular flexibility index (Phi) is 6.45. The Bertz CT molecular complexity index is 475. The number of aromatic nitrogens is 2. The fraction of sp³-hybridized carbons (Fsp3) is 0.667. The molecular formula is C15H24N4OS. The maximum absolute atomic E-state index is 12.2. The van der Waals surface area contributed by atoms with Gasteiger partial charge in [0, 0.05) is 18.8 Å². The van der Waals surface area contributed by atoms with Crippen LogP contribution in [0.4, 0.5) is 0 Å². The minimum absolute atomic E-state index is 0.101. The van der Waals surface area contributed by atoms with Crippen LogP contribution < -0.4 is 5.32 Å². The van der Waals surface area contributed by atoms with E-state index in [-0.39, 0.29) is 5.91 Å². The molecule has 0 atom stereocenters. The molecule has 5 nitrogen and oxygen atoms in total. The Morgan fingerprint density at radius 3 is 2.81 bits per heavy atom. The van der Waals surface area contributed by atoms with Crippen LogP contribution in [-0.4, -0.2) is 52.7 Å². The van der Waals surface area contributed by atoms with E-state index < -0.39 is 0 Å². The lowest BCUT2D eigenvalue weighted by Gasteiger charge is -2.26. The predicted octanol–water partition coefficient (Wildman–Crippen LogP) is 2.11. The Labute approximate surface area is 130 Å². The van der Waals surface area contributed by atoms with Gasteiger partial charge in [-0.1, -0.05) is 25.1 Å². The molecule has 1 amide bonds. The summed E-state index contributed by atoms with van der Waals surface area (Å²) in [5.41, 5.74) is 1.30. The zero-order valence-electron chi connectivity index (χ0n) is 12.9. The maximum Gasteiger partial charge on any atom is 0.270 e. The van der Waals surface area contributed by atoms with Gasteiger partial charge in [-0.25, -0.2) is 9.97 Å². The molecule has 0 unspecified atom stereocenters. The second-order valence-corrected chi connectivity index (χ2v) is 6.50. The average Bonchev–Trinajstić information content (AvgIpc) is 2.48. The van der Waals surface area contributed by atoms with E-state index in [9.17, 15) is 4.79 Å². The monoisotopic (exact) mass is 308 g/mol. The fourth-order valence-electron chi connectivity index (χ4n) is 2.45. The van der Waals surface area contributed by atoms with Gasteiger partial charge in [0.1, 0.15) is 5.69 Å². The summed E-state index contributed by atoms with van der Waals surface area (Å²) in [6.07, 6.45) is 3.88. The molecule has 0 aliphatic carbocycles. The molecule has 21 heavy (non-hydrogen) atoms. The minimum Gasteiger partial charge on any atom is -0.349 e. The topological polar surface area (TPSA) is 58.1 Å². The van der Waals surface area contributed by atoms with Gasteiger partial charge < -0.3 is 10.2 Å². The van der Waals surface area contributed by atoms with Crippen LogP contribution in [0.15, 0.2) is 11.2 Å². The molecule has 1 aliphatic heterocycles. The number of carbonyl (C=O) groups excluding carboxylic acids is 1. The smallest absolute Gasteiger partial charge is 0.270 e. The third-order valence-electron chi connectivity index (χ3n) is 3.50. The summed E-state index contributed by atoms with van der Waals surface area (Å²) in [5, 5.41) is 3.64. The van der Waals surface area contributed by atoms with E-state index in [1.165, 1.54) is 19.3 Å². The number of likely N-dealkylation sites (tertiary alicyclic amines) is 1. The van der Waals surface area contributed by atoms with E-state index in [1.54, 1.807) is 17.8 Å². The summed E-state index contributed by atoms with van der Waals surface area (Å²) in [5.74, 6) is 0.801. The second kappa shape index (κ2) is 8.34. The van der Waals surface area contributed by atoms with Crippen molar-refractivity contribution in [2.24, 2.45) is 0 Å². The van der Waals surface area contributed by atoms with Gasteiger partial charge in [0.15, 0.2) is 5.16 Å². The highest BCUT2D eigenvalue weighted by molar-refractivity contribution is 7.99. The fourth-order valence-corrected chi connectivity index (χ4v) is 3.08. The number of hydrogen-bond donors (Lipinski definition) is 1. The van der Waals surface area contributed by atoms with Crippen molar-refractivity contribution in [3.63, 3.8) is 0 Å². The third kappa shape index (κ3) is 5.28. The van der Waals surface area contributed by atoms with E-state index in [1.807, 2.05) is 6.92 Å². The summed E-state index contributed by atoms with van der Waals surface area (Å²) in [6, 6.07) is 1.75. The van der Waals surface area contributed by atoms with Gasteiger partial charge in [-0.3, -0.25) is 4.79 Å². The molecule has 1 aliphatic rings. The summed E-state index contributed by atoms with van der Waals surface area (Å²) in [6.45, 7) is 7.85. The van der Waals surface area contributed by atoms with E-state index in [2.05, 4.69) is 27.1 Å². The molecule has 0 bridgehead atoms. The van der Waals surface area contributed by atoms with Crippen LogP contribution in [0.3, 0.4) is 0 Å². The number of amides is 1. The zero-order chi connectivity index (χ0) is 15.1. The maximum atomic E-state index is 12.2. The van der Waals surface area contributed by atoms with Crippen molar-refractivity contribution in [3.05, 3.63) is 17.5 Å². The molecule has 2 heterocycles. The highest BCUT2D eigenvalue weighted by Crippen LogP contribution is 2.13. The van der Waals surface area contributed by atoms with Crippen LogP contribution >= 0.6 is 11.8 Å². The Balaban J connectivity index is 1.84. The Hall–Kier alpha value is -1.14. The molecule has 1 aromatic heterocycles. The summed E-state index contributed by atoms with van der Waals surface area (Å²) in [7, 11) is 0. The number of rotatable bonds is 6. The Morgan fingerprint density at radius 2 is 2.10 bits per heavy atom. The largest absolute Gasteiger partial charge is 0.349 e. The van der Waals surface area contributed by atoms with Crippen molar-refractivity contribution in [3.8, 4) is 0 Å². The number of nitrogens with one attached hydrogen (secondary N) is 1. The molecule has 0 spiro atoms. The highest BCUT2D eigenvalue weighted by atomic mass is 32.2. The van der Waals surface area contributed by atoms with Crippen LogP contribution in [-0.2, 0) is 0 Å². The van der Waals surface area contributed by atoms with Crippen LogP contribution in [0.25, 0.3) is 0 Å². The quantitative estimate of drug-likeness (QED) is 0.644. The molecule has 2 rings (SSSR count). The molecule has 1 N–H and O–H groups in total. The first kappa shape index (κ1) is 16.2. The number of piperidine rings is 1. The highest BCUT2D eigenvalue weighted by Gasteiger charge is 2.12. The van der Waals surface area contributed by atoms with E-state index >= 15 is 0 Å². The van der Waals surface area contributed by atoms with Gasteiger partial charge in [0.25, 0.3) is 5.91 Å². The predicted molar refractivity (Wildman–Crippen MR) is 85.8 cm³/mol. The summed E-state index contributed by atoms with van der Waals surface area (Å²) >= 11 is 1.56. The first-order valence-electron chi connectivity index (χ1n) is 7.68. The van der Waals surface area contributed by atoms with Gasteiger partial charge in [0.05, 0.1) is 0 Å². The standard InChI is InChI=1S/C15H24N4OS/c1-3-21-15-17-12(2)11-13(18-15)14(20)16-7-10-19-8-5-4-6-9-19/h11H,3-10H2,1-2H3,(H,16,20). The molecule has 1 saturated heterocycles. The molecule has 116 valence electrons. The van der Waals surface area contributed by atoms with E-state index in [0.29, 0.717) is 17.4 Å². The van der Waals surface area contributed by atoms with Gasteiger partial charge in [-0.15, -0.1) is 0 Å². The molecule has 0 aromatic carbocycles. The van der Waals surface area contributed by atoms with Gasteiger partial charge in [0.2, 0.25) is 0 Å². The van der Waals surface area contributed by atoms with Crippen molar-refractivity contribution < 1.29 is 4.79 Å². The van der Waals surface area contributed by atoms with Crippen LogP contribution in [0, 0.1) is 6.92 Å². The number of nitrogens with zero attached hydrogens (tertiary/aromatic N) is 3. The number of aryl methyl sites for hydroxylation is 1. The lowest BCUT2D eigenvalue weighted by molar-refractivity contribution is 0.0940. The summed E-state index contributed by atoms with van der Waals surface area (Å²) < 4.78 is 0. The van der Waals surface area contributed by atoms with E-state index in [0.717, 1.165) is 31.1 Å². The first-order chi connectivity index (χ1) is 10.2. The zero-order valence-corrected chi connectivity index (χ0v) is 13.7. The number of hydrogen-bond acceptors (Lipinski definition) is 5. The molecule has 0 saturated carbocycles. The van der Waals surface area contributed by atoms with E-state index in [4.69, 9.17) is 0 Å². The van der Waals surface area contributed by atoms with Crippen molar-refractivity contribution in [1.82, 2.24) is 20.2 Å². The lowest BCUT2D eigenvalue weighted by Crippen LogP contribution is -2.37. The molecule has 1 aromatic rings. The average molecular weight is 308 g/mol. The van der Waals surface area contributed by atoms with Crippen LogP contribution in [0.1, 0.15) is 42.4 Å². The Morgan fingerprint density at radius 1 is 1.33 bits per heavy atom. The van der Waals surface area contributed by atoms with Gasteiger partial charge in [-0.05, 0) is 44.7 Å². The SMILES string of the molecule is CCSc1nc(C)cc(C(=O)NCCN2CCCCC2)n1. The lowest BCUT2D eigenvalue weighted by atomic mass is 10.1. The van der Waals surface area contributed by atoms with Crippen LogP contribution in [0.5, 0.6) is 0 Å². The first-order valence-corrected chi connectivity index (χ1v) is 8.66. The molecule has 6 heteroatoms. The van der Waals surface area contributed by atoms with Crippen molar-refractivity contribution >= 4 is 17.7 Å². The molecule has 1 fully saturated rings. The van der Waals surface area contributed by atoms with Gasteiger partial charge >= 0.3 is 0 Å². The van der Waals surface area contributed by atoms with Crippen molar-refractivity contribution in [2.75, 3.05) is 31.9 Å². The molecule has 0 radical (unpaired) electrons.